The summed E-state index contributed by atoms with van der Waals surface area (Å²) in [7, 11) is 5.41. The molecule has 0 aliphatic rings. The second-order valence-corrected chi connectivity index (χ2v) is 2.48. The van der Waals surface area contributed by atoms with Crippen molar-refractivity contribution in [2.24, 2.45) is 5.92 Å². The molecular weight excluding hydrogens is 94.9 g/mol. The normalized spacial score (nSPS) is 13.8. The van der Waals surface area contributed by atoms with Crippen LogP contribution < -0.4 is 0 Å². The molecule has 1 unspecified atom stereocenters. The predicted molar refractivity (Wildman–Crippen MR) is 39.2 cm³/mol. The zero-order chi connectivity index (χ0) is 6.41. The van der Waals surface area contributed by atoms with Crippen LogP contribution in [0.15, 0.2) is 0 Å². The molecule has 0 rings (SSSR count). The lowest BCUT2D eigenvalue weighted by molar-refractivity contribution is 0.549. The number of unbranched alkanes of at least 4 members (excludes halogenated alkanes) is 1. The average Bonchev–Trinajstić information content (AvgIpc) is 1.83. The maximum Gasteiger partial charge on any atom is 0.0656 e. The Morgan fingerprint density at radius 3 is 2.50 bits per heavy atom. The smallest absolute Gasteiger partial charge is 0.0656 e. The van der Waals surface area contributed by atoms with Gasteiger partial charge in [0.1, 0.15) is 0 Å². The van der Waals surface area contributed by atoms with Crippen molar-refractivity contribution in [3.63, 3.8) is 0 Å². The molecule has 0 fully saturated rings. The van der Waals surface area contributed by atoms with Crippen LogP contribution in [-0.4, -0.2) is 7.85 Å². The van der Waals surface area contributed by atoms with Crippen LogP contribution in [0.4, 0.5) is 0 Å². The van der Waals surface area contributed by atoms with Gasteiger partial charge >= 0.3 is 0 Å². The Hall–Kier alpha value is 0.0649. The van der Waals surface area contributed by atoms with Gasteiger partial charge in [-0.3, -0.25) is 0 Å². The molecule has 0 aliphatic heterocycles. The molecule has 46 valence electrons. The number of hydrogen-bond acceptors (Lipinski definition) is 0. The summed E-state index contributed by atoms with van der Waals surface area (Å²) < 4.78 is 0. The fourth-order valence-electron chi connectivity index (χ4n) is 0.670. The molecular formula is C7H15B. The lowest BCUT2D eigenvalue weighted by atomic mass is 9.89. The van der Waals surface area contributed by atoms with Crippen LogP contribution in [0.1, 0.15) is 33.1 Å². The summed E-state index contributed by atoms with van der Waals surface area (Å²) in [5, 5.41) is 0. The Labute approximate surface area is 54.1 Å². The molecule has 2 radical (unpaired) electrons. The van der Waals surface area contributed by atoms with Crippen molar-refractivity contribution in [3.8, 4) is 0 Å². The summed E-state index contributed by atoms with van der Waals surface area (Å²) in [5.74, 6) is 0.731. The molecule has 0 aromatic carbocycles. The predicted octanol–water partition coefficient (Wildman–Crippen LogP) is 2.40. The van der Waals surface area contributed by atoms with Crippen molar-refractivity contribution in [1.82, 2.24) is 0 Å². The Morgan fingerprint density at radius 1 is 1.50 bits per heavy atom. The van der Waals surface area contributed by atoms with Gasteiger partial charge in [0.25, 0.3) is 0 Å². The highest BCUT2D eigenvalue weighted by atomic mass is 14.0. The summed E-state index contributed by atoms with van der Waals surface area (Å²) in [6, 6.07) is 0. The fraction of sp³-hybridized carbons (Fsp3) is 1.00. The largest absolute Gasteiger partial charge is 0.0862 e. The Bertz CT molecular complexity index is 43.7. The van der Waals surface area contributed by atoms with Crippen LogP contribution >= 0.6 is 0 Å². The van der Waals surface area contributed by atoms with E-state index in [0.29, 0.717) is 0 Å². The van der Waals surface area contributed by atoms with E-state index in [1.54, 1.807) is 0 Å². The van der Waals surface area contributed by atoms with E-state index in [2.05, 4.69) is 13.8 Å². The lowest BCUT2D eigenvalue weighted by Crippen LogP contribution is -1.91. The molecule has 0 nitrogen and oxygen atoms in total. The number of rotatable bonds is 4. The van der Waals surface area contributed by atoms with Crippen LogP contribution in [0.2, 0.25) is 6.32 Å². The van der Waals surface area contributed by atoms with Crippen LogP contribution in [0.3, 0.4) is 0 Å². The zero-order valence-electron chi connectivity index (χ0n) is 5.98. The van der Waals surface area contributed by atoms with Gasteiger partial charge < -0.3 is 0 Å². The number of hydrogen-bond donors (Lipinski definition) is 0. The van der Waals surface area contributed by atoms with Crippen molar-refractivity contribution in [2.75, 3.05) is 0 Å². The Kier molecular flexibility index (Phi) is 5.25. The van der Waals surface area contributed by atoms with E-state index < -0.39 is 0 Å². The molecule has 0 saturated carbocycles. The van der Waals surface area contributed by atoms with E-state index in [9.17, 15) is 0 Å². The van der Waals surface area contributed by atoms with Gasteiger partial charge in [-0.2, -0.15) is 0 Å². The van der Waals surface area contributed by atoms with E-state index in [1.165, 1.54) is 19.3 Å². The molecule has 0 saturated heterocycles. The molecule has 0 N–H and O–H groups in total. The Morgan fingerprint density at radius 2 is 2.12 bits per heavy atom. The van der Waals surface area contributed by atoms with Crippen molar-refractivity contribution in [2.45, 2.75) is 39.4 Å². The van der Waals surface area contributed by atoms with E-state index in [4.69, 9.17) is 7.85 Å². The maximum atomic E-state index is 5.41. The van der Waals surface area contributed by atoms with E-state index >= 15 is 0 Å². The Balaban J connectivity index is 2.86. The summed E-state index contributed by atoms with van der Waals surface area (Å²) >= 11 is 0. The third kappa shape index (κ3) is 4.23. The van der Waals surface area contributed by atoms with E-state index in [0.717, 1.165) is 12.2 Å². The summed E-state index contributed by atoms with van der Waals surface area (Å²) in [6.07, 6.45) is 4.77. The van der Waals surface area contributed by atoms with Crippen molar-refractivity contribution >= 4 is 7.85 Å². The van der Waals surface area contributed by atoms with Gasteiger partial charge in [0.15, 0.2) is 0 Å². The van der Waals surface area contributed by atoms with Gasteiger partial charge in [0.2, 0.25) is 0 Å². The molecule has 1 atom stereocenters. The average molecular weight is 110 g/mol. The summed E-state index contributed by atoms with van der Waals surface area (Å²) in [5.41, 5.74) is 0. The highest BCUT2D eigenvalue weighted by Crippen LogP contribution is 2.09. The first-order chi connectivity index (χ1) is 3.81. The minimum absolute atomic E-state index is 0.731. The van der Waals surface area contributed by atoms with Crippen LogP contribution in [0, 0.1) is 5.92 Å². The highest BCUT2D eigenvalue weighted by molar-refractivity contribution is 6.08. The van der Waals surface area contributed by atoms with E-state index in [1.807, 2.05) is 0 Å². The SMILES string of the molecule is [B]CC(C)CCCC. The van der Waals surface area contributed by atoms with Crippen molar-refractivity contribution in [1.29, 1.82) is 0 Å². The summed E-state index contributed by atoms with van der Waals surface area (Å²) in [6.45, 7) is 4.42. The molecule has 0 aromatic heterocycles. The maximum absolute atomic E-state index is 5.41. The molecule has 0 heterocycles. The zero-order valence-corrected chi connectivity index (χ0v) is 5.98. The van der Waals surface area contributed by atoms with Crippen LogP contribution in [0.5, 0.6) is 0 Å². The van der Waals surface area contributed by atoms with Crippen LogP contribution in [0.25, 0.3) is 0 Å². The van der Waals surface area contributed by atoms with Crippen LogP contribution in [-0.2, 0) is 0 Å². The monoisotopic (exact) mass is 110 g/mol. The van der Waals surface area contributed by atoms with Gasteiger partial charge in [-0.25, -0.2) is 0 Å². The van der Waals surface area contributed by atoms with Gasteiger partial charge in [-0.1, -0.05) is 45.3 Å². The third-order valence-electron chi connectivity index (χ3n) is 1.45. The molecule has 0 aromatic rings. The summed E-state index contributed by atoms with van der Waals surface area (Å²) in [4.78, 5) is 0. The molecule has 8 heavy (non-hydrogen) atoms. The third-order valence-corrected chi connectivity index (χ3v) is 1.45. The first kappa shape index (κ1) is 8.06. The van der Waals surface area contributed by atoms with Gasteiger partial charge in [-0.05, 0) is 0 Å². The minimum atomic E-state index is 0.731. The van der Waals surface area contributed by atoms with E-state index in [-0.39, 0.29) is 0 Å². The topological polar surface area (TPSA) is 0 Å². The second-order valence-electron chi connectivity index (χ2n) is 2.48. The van der Waals surface area contributed by atoms with Gasteiger partial charge in [0.05, 0.1) is 7.85 Å². The minimum Gasteiger partial charge on any atom is -0.0862 e. The molecule has 0 bridgehead atoms. The second kappa shape index (κ2) is 5.21. The first-order valence-electron chi connectivity index (χ1n) is 3.51. The van der Waals surface area contributed by atoms with Gasteiger partial charge in [-0.15, -0.1) is 0 Å². The standard InChI is InChI=1S/C7H15B/c1-3-4-5-7(2)6-8/h7H,3-6H2,1-2H3. The first-order valence-corrected chi connectivity index (χ1v) is 3.51. The fourth-order valence-corrected chi connectivity index (χ4v) is 0.670. The molecule has 0 amide bonds. The van der Waals surface area contributed by atoms with Gasteiger partial charge in [0, 0.05) is 0 Å². The van der Waals surface area contributed by atoms with Crippen molar-refractivity contribution in [3.05, 3.63) is 0 Å². The van der Waals surface area contributed by atoms with Crippen molar-refractivity contribution < 1.29 is 0 Å². The molecule has 0 aliphatic carbocycles. The highest BCUT2D eigenvalue weighted by Gasteiger charge is 1.94. The molecule has 1 heteroatoms. The quantitative estimate of drug-likeness (QED) is 0.487. The molecule has 0 spiro atoms. The lowest BCUT2D eigenvalue weighted by Gasteiger charge is -2.04.